The molecule has 2 N–H and O–H groups in total. The molecule has 0 amide bonds. The van der Waals surface area contributed by atoms with Crippen LogP contribution in [0, 0.1) is 0 Å². The molecule has 2 fully saturated rings. The minimum atomic E-state index is -0.266. The first-order chi connectivity index (χ1) is 10.2. The number of carbonyl (C=O) groups is 1. The third-order valence-electron chi connectivity index (χ3n) is 3.92. The van der Waals surface area contributed by atoms with Crippen LogP contribution in [0.4, 0.5) is 10.7 Å². The van der Waals surface area contributed by atoms with Crippen molar-refractivity contribution in [2.75, 3.05) is 41.8 Å². The van der Waals surface area contributed by atoms with Crippen LogP contribution >= 0.6 is 23.1 Å². The lowest BCUT2D eigenvalue weighted by Gasteiger charge is -2.22. The van der Waals surface area contributed by atoms with E-state index in [-0.39, 0.29) is 5.97 Å². The third-order valence-corrected chi connectivity index (χ3v) is 6.23. The van der Waals surface area contributed by atoms with Crippen LogP contribution in [0.25, 0.3) is 0 Å². The van der Waals surface area contributed by atoms with E-state index >= 15 is 0 Å². The Morgan fingerprint density at radius 1 is 1.38 bits per heavy atom. The smallest absolute Gasteiger partial charge is 0.350 e. The molecule has 0 radical (unpaired) electrons. The van der Waals surface area contributed by atoms with Crippen LogP contribution in [0.15, 0.2) is 0 Å². The van der Waals surface area contributed by atoms with Gasteiger partial charge in [-0.15, -0.1) is 11.3 Å². The molecule has 21 heavy (non-hydrogen) atoms. The number of ether oxygens (including phenoxy) is 1. The Morgan fingerprint density at radius 3 is 2.90 bits per heavy atom. The Hall–Kier alpha value is -0.880. The van der Waals surface area contributed by atoms with E-state index in [9.17, 15) is 4.79 Å². The molecule has 1 aliphatic heterocycles. The molecule has 1 saturated carbocycles. The van der Waals surface area contributed by atoms with Crippen molar-refractivity contribution in [2.24, 2.45) is 0 Å². The van der Waals surface area contributed by atoms with E-state index in [1.165, 1.54) is 46.9 Å². The standard InChI is InChI=1S/C15H22N2O2S2/c1-2-19-15(18)13-12(16)11(10-4-5-10)14(21-13)17-6-3-8-20-9-7-17/h10H,2-9,16H2,1H3. The molecule has 1 aromatic heterocycles. The summed E-state index contributed by atoms with van der Waals surface area (Å²) in [6, 6.07) is 0. The topological polar surface area (TPSA) is 55.6 Å². The molecule has 1 aromatic rings. The van der Waals surface area contributed by atoms with Crippen LogP contribution in [0.2, 0.25) is 0 Å². The Morgan fingerprint density at radius 2 is 2.19 bits per heavy atom. The highest BCUT2D eigenvalue weighted by Crippen LogP contribution is 2.52. The molecule has 4 nitrogen and oxygen atoms in total. The van der Waals surface area contributed by atoms with Gasteiger partial charge in [-0.05, 0) is 37.9 Å². The summed E-state index contributed by atoms with van der Waals surface area (Å²) in [6.45, 7) is 4.34. The number of rotatable bonds is 4. The fraction of sp³-hybridized carbons (Fsp3) is 0.667. The average Bonchev–Trinajstić information content (AvgIpc) is 3.27. The molecular formula is C15H22N2O2S2. The van der Waals surface area contributed by atoms with E-state index in [0.717, 1.165) is 18.8 Å². The minimum Gasteiger partial charge on any atom is -0.462 e. The largest absolute Gasteiger partial charge is 0.462 e. The molecule has 2 aliphatic rings. The normalized spacial score (nSPS) is 19.4. The predicted octanol–water partition coefficient (Wildman–Crippen LogP) is 3.33. The first-order valence-electron chi connectivity index (χ1n) is 7.64. The van der Waals surface area contributed by atoms with Crippen molar-refractivity contribution in [2.45, 2.75) is 32.1 Å². The summed E-state index contributed by atoms with van der Waals surface area (Å²) < 4.78 is 5.16. The summed E-state index contributed by atoms with van der Waals surface area (Å²) in [5, 5.41) is 1.22. The van der Waals surface area contributed by atoms with Crippen LogP contribution in [-0.2, 0) is 4.74 Å². The van der Waals surface area contributed by atoms with Crippen molar-refractivity contribution in [3.8, 4) is 0 Å². The second kappa shape index (κ2) is 6.48. The summed E-state index contributed by atoms with van der Waals surface area (Å²) in [7, 11) is 0. The van der Waals surface area contributed by atoms with Crippen LogP contribution in [0.1, 0.15) is 47.3 Å². The average molecular weight is 326 g/mol. The fourth-order valence-electron chi connectivity index (χ4n) is 2.74. The van der Waals surface area contributed by atoms with E-state index in [1.807, 2.05) is 18.7 Å². The molecule has 0 spiro atoms. The number of hydrogen-bond donors (Lipinski definition) is 1. The van der Waals surface area contributed by atoms with Gasteiger partial charge in [-0.1, -0.05) is 0 Å². The zero-order valence-electron chi connectivity index (χ0n) is 12.4. The van der Waals surface area contributed by atoms with E-state index in [1.54, 1.807) is 0 Å². The number of carbonyl (C=O) groups excluding carboxylic acids is 1. The molecule has 0 atom stereocenters. The van der Waals surface area contributed by atoms with Gasteiger partial charge >= 0.3 is 5.97 Å². The van der Waals surface area contributed by atoms with Gasteiger partial charge in [0, 0.05) is 24.4 Å². The Balaban J connectivity index is 1.94. The highest BCUT2D eigenvalue weighted by atomic mass is 32.2. The molecule has 0 aromatic carbocycles. The van der Waals surface area contributed by atoms with Gasteiger partial charge < -0.3 is 15.4 Å². The molecule has 1 aliphatic carbocycles. The van der Waals surface area contributed by atoms with Gasteiger partial charge in [0.1, 0.15) is 4.88 Å². The number of nitrogens with two attached hydrogens (primary N) is 1. The fourth-order valence-corrected chi connectivity index (χ4v) is 4.88. The summed E-state index contributed by atoms with van der Waals surface area (Å²) in [5.74, 6) is 2.66. The maximum atomic E-state index is 12.1. The molecule has 116 valence electrons. The molecule has 0 bridgehead atoms. The van der Waals surface area contributed by atoms with Crippen LogP contribution in [0.5, 0.6) is 0 Å². The number of thioether (sulfide) groups is 1. The van der Waals surface area contributed by atoms with Gasteiger partial charge in [0.25, 0.3) is 0 Å². The molecule has 1 saturated heterocycles. The maximum absolute atomic E-state index is 12.1. The number of thiophene rings is 1. The number of nitrogens with zero attached hydrogens (tertiary/aromatic N) is 1. The van der Waals surface area contributed by atoms with Crippen LogP contribution < -0.4 is 10.6 Å². The Labute approximate surface area is 134 Å². The molecule has 6 heteroatoms. The van der Waals surface area contributed by atoms with E-state index in [4.69, 9.17) is 10.5 Å². The monoisotopic (exact) mass is 326 g/mol. The van der Waals surface area contributed by atoms with Crippen molar-refractivity contribution < 1.29 is 9.53 Å². The zero-order valence-corrected chi connectivity index (χ0v) is 14.0. The van der Waals surface area contributed by atoms with E-state index in [2.05, 4.69) is 4.90 Å². The number of hydrogen-bond acceptors (Lipinski definition) is 6. The van der Waals surface area contributed by atoms with Gasteiger partial charge in [0.2, 0.25) is 0 Å². The maximum Gasteiger partial charge on any atom is 0.350 e. The first kappa shape index (κ1) is 15.0. The quantitative estimate of drug-likeness (QED) is 0.860. The minimum absolute atomic E-state index is 0.266. The number of esters is 1. The summed E-state index contributed by atoms with van der Waals surface area (Å²) in [4.78, 5) is 15.1. The van der Waals surface area contributed by atoms with Gasteiger partial charge in [-0.3, -0.25) is 0 Å². The number of nitrogen functional groups attached to an aromatic ring is 1. The highest BCUT2D eigenvalue weighted by molar-refractivity contribution is 7.99. The van der Waals surface area contributed by atoms with Crippen LogP contribution in [0.3, 0.4) is 0 Å². The van der Waals surface area contributed by atoms with Crippen molar-refractivity contribution in [3.05, 3.63) is 10.4 Å². The lowest BCUT2D eigenvalue weighted by molar-refractivity contribution is 0.0533. The van der Waals surface area contributed by atoms with Crippen molar-refractivity contribution in [1.82, 2.24) is 0 Å². The lowest BCUT2D eigenvalue weighted by atomic mass is 10.1. The van der Waals surface area contributed by atoms with E-state index in [0.29, 0.717) is 23.1 Å². The van der Waals surface area contributed by atoms with Gasteiger partial charge in [0.05, 0.1) is 17.3 Å². The second-order valence-corrected chi connectivity index (χ2v) is 7.74. The second-order valence-electron chi connectivity index (χ2n) is 5.51. The molecular weight excluding hydrogens is 304 g/mol. The van der Waals surface area contributed by atoms with Gasteiger partial charge in [0.15, 0.2) is 0 Å². The molecule has 2 heterocycles. The Kier molecular flexibility index (Phi) is 4.64. The lowest BCUT2D eigenvalue weighted by Crippen LogP contribution is -2.25. The Bertz CT molecular complexity index is 518. The number of anilines is 2. The van der Waals surface area contributed by atoms with E-state index < -0.39 is 0 Å². The van der Waals surface area contributed by atoms with Gasteiger partial charge in [-0.25, -0.2) is 4.79 Å². The highest BCUT2D eigenvalue weighted by Gasteiger charge is 2.35. The van der Waals surface area contributed by atoms with Crippen LogP contribution in [-0.4, -0.2) is 37.2 Å². The summed E-state index contributed by atoms with van der Waals surface area (Å²) in [5.41, 5.74) is 8.19. The first-order valence-corrected chi connectivity index (χ1v) is 9.61. The van der Waals surface area contributed by atoms with Gasteiger partial charge in [-0.2, -0.15) is 11.8 Å². The van der Waals surface area contributed by atoms with Crippen molar-refractivity contribution in [3.63, 3.8) is 0 Å². The molecule has 0 unspecified atom stereocenters. The molecule has 3 rings (SSSR count). The SMILES string of the molecule is CCOC(=O)c1sc(N2CCCSCC2)c(C2CC2)c1N. The third kappa shape index (κ3) is 3.16. The van der Waals surface area contributed by atoms with Crippen molar-refractivity contribution >= 4 is 39.8 Å². The summed E-state index contributed by atoms with van der Waals surface area (Å²) in [6.07, 6.45) is 3.58. The predicted molar refractivity (Wildman–Crippen MR) is 90.8 cm³/mol. The zero-order chi connectivity index (χ0) is 14.8. The summed E-state index contributed by atoms with van der Waals surface area (Å²) >= 11 is 3.54. The van der Waals surface area contributed by atoms with Crippen molar-refractivity contribution in [1.29, 1.82) is 0 Å².